The molecule has 0 aliphatic carbocycles. The average molecular weight is 282 g/mol. The second kappa shape index (κ2) is 5.46. The van der Waals surface area contributed by atoms with E-state index in [2.05, 4.69) is 9.97 Å². The average Bonchev–Trinajstić information content (AvgIpc) is 2.75. The molecule has 0 aliphatic rings. The molecule has 0 aromatic carbocycles. The zero-order valence-corrected chi connectivity index (χ0v) is 11.6. The normalized spacial score (nSPS) is 10.4. The highest BCUT2D eigenvalue weighted by atomic mass is 35.5. The van der Waals surface area contributed by atoms with Gasteiger partial charge in [-0.2, -0.15) is 0 Å². The fourth-order valence-corrected chi connectivity index (χ4v) is 2.47. The summed E-state index contributed by atoms with van der Waals surface area (Å²) in [5, 5.41) is 1.38. The van der Waals surface area contributed by atoms with Crippen molar-refractivity contribution in [3.63, 3.8) is 0 Å². The number of carbonyl (C=O) groups is 1. The summed E-state index contributed by atoms with van der Waals surface area (Å²) >= 11 is 7.28. The minimum Gasteiger partial charge on any atom is -0.336 e. The van der Waals surface area contributed by atoms with Gasteiger partial charge in [-0.05, 0) is 19.1 Å². The van der Waals surface area contributed by atoms with Crippen LogP contribution in [0, 0.1) is 6.92 Å². The molecular formula is C12H12ClN3OS. The van der Waals surface area contributed by atoms with Crippen LogP contribution in [-0.4, -0.2) is 27.8 Å². The van der Waals surface area contributed by atoms with Crippen molar-refractivity contribution >= 4 is 28.8 Å². The molecule has 94 valence electrons. The van der Waals surface area contributed by atoms with Gasteiger partial charge in [0.15, 0.2) is 0 Å². The highest BCUT2D eigenvalue weighted by Crippen LogP contribution is 2.15. The summed E-state index contributed by atoms with van der Waals surface area (Å²) < 4.78 is 0. The monoisotopic (exact) mass is 281 g/mol. The fourth-order valence-electron chi connectivity index (χ4n) is 1.51. The van der Waals surface area contributed by atoms with Crippen molar-refractivity contribution in [2.45, 2.75) is 13.5 Å². The zero-order chi connectivity index (χ0) is 13.1. The third-order valence-electron chi connectivity index (χ3n) is 2.38. The molecule has 0 N–H and O–H groups in total. The van der Waals surface area contributed by atoms with Crippen molar-refractivity contribution in [1.82, 2.24) is 14.9 Å². The molecule has 2 rings (SSSR count). The van der Waals surface area contributed by atoms with Gasteiger partial charge in [0.05, 0.1) is 17.1 Å². The molecule has 2 heterocycles. The zero-order valence-electron chi connectivity index (χ0n) is 10.1. The third kappa shape index (κ3) is 3.05. The van der Waals surface area contributed by atoms with Crippen LogP contribution in [0.15, 0.2) is 24.5 Å². The van der Waals surface area contributed by atoms with E-state index in [0.717, 1.165) is 9.88 Å². The lowest BCUT2D eigenvalue weighted by atomic mass is 10.2. The summed E-state index contributed by atoms with van der Waals surface area (Å²) in [6.07, 6.45) is 3.28. The number of hydrogen-bond donors (Lipinski definition) is 0. The number of hydrogen-bond acceptors (Lipinski definition) is 4. The molecule has 0 spiro atoms. The second-order valence-corrected chi connectivity index (χ2v) is 5.58. The molecule has 18 heavy (non-hydrogen) atoms. The second-order valence-electron chi connectivity index (χ2n) is 3.88. The van der Waals surface area contributed by atoms with E-state index in [1.54, 1.807) is 41.6 Å². The molecule has 0 aliphatic heterocycles. The Bertz CT molecular complexity index is 553. The summed E-state index contributed by atoms with van der Waals surface area (Å²) in [6.45, 7) is 2.49. The van der Waals surface area contributed by atoms with E-state index in [1.807, 2.05) is 6.92 Å². The highest BCUT2D eigenvalue weighted by molar-refractivity contribution is 7.11. The number of rotatable bonds is 3. The summed E-state index contributed by atoms with van der Waals surface area (Å²) in [7, 11) is 1.76. The van der Waals surface area contributed by atoms with Crippen LogP contribution in [0.4, 0.5) is 0 Å². The number of carbonyl (C=O) groups excluding carboxylic acids is 1. The van der Waals surface area contributed by atoms with E-state index >= 15 is 0 Å². The smallest absolute Gasteiger partial charge is 0.255 e. The van der Waals surface area contributed by atoms with Crippen LogP contribution in [0.2, 0.25) is 5.15 Å². The maximum Gasteiger partial charge on any atom is 0.255 e. The molecule has 0 fully saturated rings. The highest BCUT2D eigenvalue weighted by Gasteiger charge is 2.13. The maximum atomic E-state index is 12.1. The first-order chi connectivity index (χ1) is 8.56. The molecule has 0 saturated heterocycles. The van der Waals surface area contributed by atoms with Crippen LogP contribution in [-0.2, 0) is 6.54 Å². The van der Waals surface area contributed by atoms with Gasteiger partial charge < -0.3 is 4.90 Å². The van der Waals surface area contributed by atoms with Crippen LogP contribution in [0.3, 0.4) is 0 Å². The number of halogens is 1. The maximum absolute atomic E-state index is 12.1. The van der Waals surface area contributed by atoms with Crippen LogP contribution >= 0.6 is 22.9 Å². The molecule has 6 heteroatoms. The van der Waals surface area contributed by atoms with Crippen molar-refractivity contribution in [3.8, 4) is 0 Å². The van der Waals surface area contributed by atoms with E-state index in [0.29, 0.717) is 17.3 Å². The van der Waals surface area contributed by atoms with Gasteiger partial charge in [-0.15, -0.1) is 11.3 Å². The van der Waals surface area contributed by atoms with Crippen LogP contribution in [0.5, 0.6) is 0 Å². The quantitative estimate of drug-likeness (QED) is 0.813. The summed E-state index contributed by atoms with van der Waals surface area (Å²) in [6, 6.07) is 3.28. The molecule has 2 aromatic heterocycles. The number of aryl methyl sites for hydroxylation is 1. The van der Waals surface area contributed by atoms with E-state index in [-0.39, 0.29) is 5.91 Å². The van der Waals surface area contributed by atoms with Crippen molar-refractivity contribution in [2.75, 3.05) is 7.05 Å². The summed E-state index contributed by atoms with van der Waals surface area (Å²) in [4.78, 5) is 22.9. The van der Waals surface area contributed by atoms with Crippen molar-refractivity contribution in [3.05, 3.63) is 45.1 Å². The van der Waals surface area contributed by atoms with Crippen molar-refractivity contribution in [2.24, 2.45) is 0 Å². The Balaban J connectivity index is 2.07. The van der Waals surface area contributed by atoms with E-state index in [4.69, 9.17) is 11.6 Å². The van der Waals surface area contributed by atoms with Crippen LogP contribution in [0.1, 0.15) is 20.2 Å². The van der Waals surface area contributed by atoms with Gasteiger partial charge in [0.1, 0.15) is 5.15 Å². The van der Waals surface area contributed by atoms with Gasteiger partial charge in [0.25, 0.3) is 5.91 Å². The summed E-state index contributed by atoms with van der Waals surface area (Å²) in [5.41, 5.74) is 0.531. The summed E-state index contributed by atoms with van der Waals surface area (Å²) in [5.74, 6) is -0.0785. The first kappa shape index (κ1) is 13.0. The van der Waals surface area contributed by atoms with Gasteiger partial charge in [0, 0.05) is 24.3 Å². The first-order valence-electron chi connectivity index (χ1n) is 5.34. The fraction of sp³-hybridized carbons (Fsp3) is 0.250. The number of amides is 1. The van der Waals surface area contributed by atoms with Crippen molar-refractivity contribution < 1.29 is 4.79 Å². The first-order valence-corrected chi connectivity index (χ1v) is 6.54. The Morgan fingerprint density at radius 1 is 1.39 bits per heavy atom. The predicted molar refractivity (Wildman–Crippen MR) is 71.9 cm³/mol. The van der Waals surface area contributed by atoms with Gasteiger partial charge in [-0.1, -0.05) is 11.6 Å². The van der Waals surface area contributed by atoms with E-state index in [1.165, 1.54) is 6.20 Å². The molecule has 0 atom stereocenters. The van der Waals surface area contributed by atoms with E-state index in [9.17, 15) is 4.79 Å². The van der Waals surface area contributed by atoms with Crippen molar-refractivity contribution in [1.29, 1.82) is 0 Å². The molecular weight excluding hydrogens is 270 g/mol. The van der Waals surface area contributed by atoms with E-state index < -0.39 is 0 Å². The topological polar surface area (TPSA) is 46.1 Å². The number of aromatic nitrogens is 2. The van der Waals surface area contributed by atoms with Crippen LogP contribution < -0.4 is 0 Å². The van der Waals surface area contributed by atoms with Gasteiger partial charge in [-0.25, -0.2) is 9.97 Å². The molecule has 4 nitrogen and oxygen atoms in total. The number of nitrogens with zero attached hydrogens (tertiary/aromatic N) is 3. The molecule has 0 radical (unpaired) electrons. The number of thiazole rings is 1. The lowest BCUT2D eigenvalue weighted by molar-refractivity contribution is 0.0786. The Hall–Kier alpha value is -1.46. The van der Waals surface area contributed by atoms with Gasteiger partial charge in [0.2, 0.25) is 0 Å². The Morgan fingerprint density at radius 2 is 2.17 bits per heavy atom. The lowest BCUT2D eigenvalue weighted by Gasteiger charge is -2.15. The van der Waals surface area contributed by atoms with Gasteiger partial charge >= 0.3 is 0 Å². The van der Waals surface area contributed by atoms with Crippen LogP contribution in [0.25, 0.3) is 0 Å². The molecule has 0 bridgehead atoms. The minimum atomic E-state index is -0.0785. The SMILES string of the molecule is Cc1ncc(CN(C)C(=O)c2ccc(Cl)nc2)s1. The van der Waals surface area contributed by atoms with Gasteiger partial charge in [-0.3, -0.25) is 4.79 Å². The lowest BCUT2D eigenvalue weighted by Crippen LogP contribution is -2.25. The minimum absolute atomic E-state index is 0.0785. The number of pyridine rings is 1. The Morgan fingerprint density at radius 3 is 2.72 bits per heavy atom. The Kier molecular flexibility index (Phi) is 3.93. The third-order valence-corrected chi connectivity index (χ3v) is 3.50. The molecule has 0 unspecified atom stereocenters. The molecule has 1 amide bonds. The predicted octanol–water partition coefficient (Wildman–Crippen LogP) is 2.77. The Labute approximate surface area is 114 Å². The molecule has 2 aromatic rings. The standard InChI is InChI=1S/C12H12ClN3OS/c1-8-14-6-10(18-8)7-16(2)12(17)9-3-4-11(13)15-5-9/h3-6H,7H2,1-2H3. The largest absolute Gasteiger partial charge is 0.336 e. The molecule has 0 saturated carbocycles.